The number of carbonyl (C=O) groups is 1. The number of amides is 1. The van der Waals surface area contributed by atoms with Crippen LogP contribution in [0.1, 0.15) is 29.3 Å². The molecule has 1 unspecified atom stereocenters. The molecule has 0 saturated heterocycles. The van der Waals surface area contributed by atoms with Gasteiger partial charge in [-0.3, -0.25) is 4.79 Å². The number of rotatable bonds is 7. The van der Waals surface area contributed by atoms with Crippen molar-refractivity contribution in [3.05, 3.63) is 57.2 Å². The normalized spacial score (nSPS) is 12.1. The van der Waals surface area contributed by atoms with Gasteiger partial charge in [-0.2, -0.15) is 0 Å². The van der Waals surface area contributed by atoms with Crippen LogP contribution in [0.15, 0.2) is 41.8 Å². The standard InChI is InChI=1S/C16H19ClN2OS/c1-18-10-2-5-15(20)19-16(14-4-3-11-21-14)12-6-8-13(17)9-7-12/h3-4,6-9,11,16,18H,2,5,10H2,1H3,(H,19,20). The molecule has 0 fully saturated rings. The fraction of sp³-hybridized carbons (Fsp3) is 0.312. The summed E-state index contributed by atoms with van der Waals surface area (Å²) < 4.78 is 0. The fourth-order valence-corrected chi connectivity index (χ4v) is 3.02. The van der Waals surface area contributed by atoms with Gasteiger partial charge in [-0.15, -0.1) is 11.3 Å². The average Bonchev–Trinajstić information content (AvgIpc) is 3.00. The number of nitrogens with one attached hydrogen (secondary N) is 2. The second-order valence-electron chi connectivity index (χ2n) is 4.77. The van der Waals surface area contributed by atoms with E-state index in [0.29, 0.717) is 11.4 Å². The maximum atomic E-state index is 12.1. The summed E-state index contributed by atoms with van der Waals surface area (Å²) in [4.78, 5) is 13.2. The third kappa shape index (κ3) is 4.84. The summed E-state index contributed by atoms with van der Waals surface area (Å²) in [6, 6.07) is 11.6. The minimum atomic E-state index is -0.107. The van der Waals surface area contributed by atoms with Crippen molar-refractivity contribution < 1.29 is 4.79 Å². The van der Waals surface area contributed by atoms with E-state index in [1.54, 1.807) is 11.3 Å². The first-order valence-corrected chi connectivity index (χ1v) is 8.19. The van der Waals surface area contributed by atoms with Gasteiger partial charge in [0.1, 0.15) is 0 Å². The first-order valence-electron chi connectivity index (χ1n) is 6.93. The molecule has 112 valence electrons. The minimum absolute atomic E-state index is 0.0681. The highest BCUT2D eigenvalue weighted by molar-refractivity contribution is 7.10. The van der Waals surface area contributed by atoms with E-state index in [2.05, 4.69) is 10.6 Å². The second-order valence-corrected chi connectivity index (χ2v) is 6.19. The van der Waals surface area contributed by atoms with Gasteiger partial charge in [-0.1, -0.05) is 29.8 Å². The highest BCUT2D eigenvalue weighted by atomic mass is 35.5. The monoisotopic (exact) mass is 322 g/mol. The predicted molar refractivity (Wildman–Crippen MR) is 88.9 cm³/mol. The molecule has 21 heavy (non-hydrogen) atoms. The molecule has 0 aliphatic rings. The number of hydrogen-bond acceptors (Lipinski definition) is 3. The van der Waals surface area contributed by atoms with Gasteiger partial charge in [-0.05, 0) is 49.2 Å². The van der Waals surface area contributed by atoms with Crippen LogP contribution in [0.25, 0.3) is 0 Å². The highest BCUT2D eigenvalue weighted by Crippen LogP contribution is 2.27. The molecule has 0 aliphatic heterocycles. The number of benzene rings is 1. The molecule has 1 aromatic heterocycles. The van der Waals surface area contributed by atoms with Crippen molar-refractivity contribution >= 4 is 28.8 Å². The minimum Gasteiger partial charge on any atom is -0.344 e. The Balaban J connectivity index is 2.10. The second kappa shape index (κ2) is 8.17. The van der Waals surface area contributed by atoms with Crippen LogP contribution in [0.2, 0.25) is 5.02 Å². The van der Waals surface area contributed by atoms with Gasteiger partial charge < -0.3 is 10.6 Å². The topological polar surface area (TPSA) is 41.1 Å². The van der Waals surface area contributed by atoms with Gasteiger partial charge in [-0.25, -0.2) is 0 Å². The predicted octanol–water partition coefficient (Wildman–Crippen LogP) is 3.61. The molecule has 1 heterocycles. The van der Waals surface area contributed by atoms with E-state index in [1.165, 1.54) is 0 Å². The van der Waals surface area contributed by atoms with Crippen LogP contribution in [-0.2, 0) is 4.79 Å². The zero-order valence-corrected chi connectivity index (χ0v) is 13.5. The Morgan fingerprint density at radius 1 is 1.29 bits per heavy atom. The Bertz CT molecular complexity index is 554. The number of carbonyl (C=O) groups excluding carboxylic acids is 1. The molecular formula is C16H19ClN2OS. The van der Waals surface area contributed by atoms with Crippen molar-refractivity contribution in [3.8, 4) is 0 Å². The maximum Gasteiger partial charge on any atom is 0.220 e. The van der Waals surface area contributed by atoms with Crippen molar-refractivity contribution in [3.63, 3.8) is 0 Å². The highest BCUT2D eigenvalue weighted by Gasteiger charge is 2.17. The van der Waals surface area contributed by atoms with Crippen LogP contribution < -0.4 is 10.6 Å². The quantitative estimate of drug-likeness (QED) is 0.765. The lowest BCUT2D eigenvalue weighted by Gasteiger charge is -2.18. The molecule has 1 amide bonds. The Kier molecular flexibility index (Phi) is 6.23. The first kappa shape index (κ1) is 16.0. The fourth-order valence-electron chi connectivity index (χ4n) is 2.09. The number of thiophene rings is 1. The van der Waals surface area contributed by atoms with Crippen LogP contribution >= 0.6 is 22.9 Å². The van der Waals surface area contributed by atoms with Crippen LogP contribution in [0.5, 0.6) is 0 Å². The van der Waals surface area contributed by atoms with Crippen molar-refractivity contribution in [2.24, 2.45) is 0 Å². The Hall–Kier alpha value is -1.36. The lowest BCUT2D eigenvalue weighted by Crippen LogP contribution is -2.29. The summed E-state index contributed by atoms with van der Waals surface area (Å²) in [5, 5.41) is 8.88. The van der Waals surface area contributed by atoms with Crippen LogP contribution in [-0.4, -0.2) is 19.5 Å². The van der Waals surface area contributed by atoms with Crippen molar-refractivity contribution in [1.29, 1.82) is 0 Å². The summed E-state index contributed by atoms with van der Waals surface area (Å²) in [5.74, 6) is 0.0681. The largest absolute Gasteiger partial charge is 0.344 e. The van der Waals surface area contributed by atoms with E-state index in [0.717, 1.165) is 23.4 Å². The van der Waals surface area contributed by atoms with Crippen molar-refractivity contribution in [2.75, 3.05) is 13.6 Å². The molecule has 0 saturated carbocycles. The van der Waals surface area contributed by atoms with Crippen LogP contribution in [0.4, 0.5) is 0 Å². The van der Waals surface area contributed by atoms with Crippen LogP contribution in [0, 0.1) is 0 Å². The number of halogens is 1. The third-order valence-electron chi connectivity index (χ3n) is 3.17. The lowest BCUT2D eigenvalue weighted by molar-refractivity contribution is -0.121. The van der Waals surface area contributed by atoms with Gasteiger partial charge in [0.15, 0.2) is 0 Å². The zero-order valence-electron chi connectivity index (χ0n) is 11.9. The number of hydrogen-bond donors (Lipinski definition) is 2. The molecule has 0 aliphatic carbocycles. The molecule has 1 atom stereocenters. The molecule has 2 N–H and O–H groups in total. The van der Waals surface area contributed by atoms with Crippen LogP contribution in [0.3, 0.4) is 0 Å². The van der Waals surface area contributed by atoms with Gasteiger partial charge in [0.05, 0.1) is 6.04 Å². The van der Waals surface area contributed by atoms with E-state index in [4.69, 9.17) is 11.6 Å². The molecular weight excluding hydrogens is 304 g/mol. The van der Waals surface area contributed by atoms with E-state index in [1.807, 2.05) is 48.8 Å². The molecule has 2 rings (SSSR count). The average molecular weight is 323 g/mol. The molecule has 0 bridgehead atoms. The van der Waals surface area contributed by atoms with E-state index in [-0.39, 0.29) is 11.9 Å². The van der Waals surface area contributed by atoms with E-state index >= 15 is 0 Å². The lowest BCUT2D eigenvalue weighted by atomic mass is 10.1. The Morgan fingerprint density at radius 3 is 2.67 bits per heavy atom. The van der Waals surface area contributed by atoms with Gasteiger partial charge in [0.2, 0.25) is 5.91 Å². The van der Waals surface area contributed by atoms with Gasteiger partial charge >= 0.3 is 0 Å². The summed E-state index contributed by atoms with van der Waals surface area (Å²) in [6.45, 7) is 0.845. The smallest absolute Gasteiger partial charge is 0.220 e. The Morgan fingerprint density at radius 2 is 2.05 bits per heavy atom. The molecule has 0 spiro atoms. The molecule has 5 heteroatoms. The van der Waals surface area contributed by atoms with E-state index < -0.39 is 0 Å². The molecule has 2 aromatic rings. The van der Waals surface area contributed by atoms with Crippen molar-refractivity contribution in [1.82, 2.24) is 10.6 Å². The third-order valence-corrected chi connectivity index (χ3v) is 4.36. The first-order chi connectivity index (χ1) is 10.2. The Labute approximate surface area is 134 Å². The molecule has 0 radical (unpaired) electrons. The van der Waals surface area contributed by atoms with Crippen molar-refractivity contribution in [2.45, 2.75) is 18.9 Å². The summed E-state index contributed by atoms with van der Waals surface area (Å²) >= 11 is 7.58. The molecule has 3 nitrogen and oxygen atoms in total. The molecule has 1 aromatic carbocycles. The summed E-state index contributed by atoms with van der Waals surface area (Å²) in [6.07, 6.45) is 1.36. The summed E-state index contributed by atoms with van der Waals surface area (Å²) in [7, 11) is 1.89. The SMILES string of the molecule is CNCCCC(=O)NC(c1ccc(Cl)cc1)c1cccs1. The zero-order chi connectivity index (χ0) is 15.1. The maximum absolute atomic E-state index is 12.1. The van der Waals surface area contributed by atoms with E-state index in [9.17, 15) is 4.79 Å². The van der Waals surface area contributed by atoms with Gasteiger partial charge in [0.25, 0.3) is 0 Å². The summed E-state index contributed by atoms with van der Waals surface area (Å²) in [5.41, 5.74) is 1.05. The van der Waals surface area contributed by atoms with Gasteiger partial charge in [0, 0.05) is 16.3 Å².